The molecule has 0 saturated carbocycles. The van der Waals surface area contributed by atoms with E-state index in [1.54, 1.807) is 6.07 Å². The second-order valence-electron chi connectivity index (χ2n) is 5.91. The first-order valence-electron chi connectivity index (χ1n) is 8.08. The summed E-state index contributed by atoms with van der Waals surface area (Å²) in [6, 6.07) is 12.8. The zero-order chi connectivity index (χ0) is 16.7. The lowest BCUT2D eigenvalue weighted by Gasteiger charge is -2.07. The predicted octanol–water partition coefficient (Wildman–Crippen LogP) is 4.86. The van der Waals surface area contributed by atoms with Crippen LogP contribution in [-0.2, 0) is 12.8 Å². The average Bonchev–Trinajstić information content (AvgIpc) is 3.18. The molecule has 0 bridgehead atoms. The summed E-state index contributed by atoms with van der Waals surface area (Å²) in [6.45, 7) is 3.00. The number of hydrogen-bond acceptors (Lipinski definition) is 2. The third-order valence-electron chi connectivity index (χ3n) is 4.43. The van der Waals surface area contributed by atoms with Crippen LogP contribution < -0.4 is 5.32 Å². The van der Waals surface area contributed by atoms with Crippen molar-refractivity contribution in [3.8, 4) is 16.9 Å². The Hall–Kier alpha value is -2.33. The van der Waals surface area contributed by atoms with Gasteiger partial charge in [0.2, 0.25) is 0 Å². The fraction of sp³-hybridized carbons (Fsp3) is 0.211. The lowest BCUT2D eigenvalue weighted by Crippen LogP contribution is -2.04. The summed E-state index contributed by atoms with van der Waals surface area (Å²) in [4.78, 5) is 0. The van der Waals surface area contributed by atoms with E-state index >= 15 is 0 Å². The van der Waals surface area contributed by atoms with Crippen LogP contribution >= 0.6 is 11.6 Å². The Labute approximate surface area is 145 Å². The van der Waals surface area contributed by atoms with Gasteiger partial charge < -0.3 is 5.32 Å². The van der Waals surface area contributed by atoms with Gasteiger partial charge in [-0.25, -0.2) is 9.07 Å². The van der Waals surface area contributed by atoms with Crippen LogP contribution in [0.3, 0.4) is 0 Å². The van der Waals surface area contributed by atoms with Crippen molar-refractivity contribution >= 4 is 17.4 Å². The second kappa shape index (κ2) is 5.95. The number of fused-ring (bicyclic) bond motifs is 1. The molecule has 24 heavy (non-hydrogen) atoms. The summed E-state index contributed by atoms with van der Waals surface area (Å²) in [5.74, 6) is 0.655. The van der Waals surface area contributed by atoms with Crippen LogP contribution in [0, 0.1) is 5.82 Å². The number of nitrogens with zero attached hydrogens (tertiary/aromatic N) is 2. The van der Waals surface area contributed by atoms with Gasteiger partial charge in [-0.05, 0) is 48.7 Å². The number of rotatable bonds is 3. The van der Waals surface area contributed by atoms with Gasteiger partial charge in [-0.2, -0.15) is 5.10 Å². The Bertz CT molecular complexity index is 900. The SMILES string of the molecule is CCc1ccc(-n2nc(-c3ccc(F)cc3Cl)c3c2NCC3)cc1. The Morgan fingerprint density at radius 2 is 2.00 bits per heavy atom. The Kier molecular flexibility index (Phi) is 3.77. The van der Waals surface area contributed by atoms with Crippen molar-refractivity contribution in [2.24, 2.45) is 0 Å². The quantitative estimate of drug-likeness (QED) is 0.737. The van der Waals surface area contributed by atoms with Crippen molar-refractivity contribution in [3.05, 3.63) is 64.4 Å². The maximum atomic E-state index is 13.4. The minimum Gasteiger partial charge on any atom is -0.369 e. The van der Waals surface area contributed by atoms with E-state index < -0.39 is 0 Å². The molecule has 3 nitrogen and oxygen atoms in total. The molecule has 0 spiro atoms. The summed E-state index contributed by atoms with van der Waals surface area (Å²) in [5, 5.41) is 8.55. The number of hydrogen-bond donors (Lipinski definition) is 1. The van der Waals surface area contributed by atoms with Crippen LogP contribution in [0.4, 0.5) is 10.2 Å². The van der Waals surface area contributed by atoms with Gasteiger partial charge in [0.15, 0.2) is 0 Å². The molecular formula is C19H17ClFN3. The minimum atomic E-state index is -0.340. The average molecular weight is 342 g/mol. The molecular weight excluding hydrogens is 325 g/mol. The van der Waals surface area contributed by atoms with Gasteiger partial charge in [-0.15, -0.1) is 0 Å². The smallest absolute Gasteiger partial charge is 0.133 e. The third-order valence-corrected chi connectivity index (χ3v) is 4.74. The molecule has 5 heteroatoms. The van der Waals surface area contributed by atoms with Crippen molar-refractivity contribution in [2.45, 2.75) is 19.8 Å². The van der Waals surface area contributed by atoms with E-state index in [4.69, 9.17) is 16.7 Å². The molecule has 0 fully saturated rings. The maximum Gasteiger partial charge on any atom is 0.133 e. The van der Waals surface area contributed by atoms with Crippen LogP contribution in [0.25, 0.3) is 16.9 Å². The molecule has 0 amide bonds. The molecule has 122 valence electrons. The summed E-state index contributed by atoms with van der Waals surface area (Å²) in [6.07, 6.45) is 1.89. The van der Waals surface area contributed by atoms with E-state index in [1.165, 1.54) is 17.7 Å². The first-order valence-corrected chi connectivity index (χ1v) is 8.45. The van der Waals surface area contributed by atoms with Gasteiger partial charge in [0.25, 0.3) is 0 Å². The van der Waals surface area contributed by atoms with Crippen LogP contribution in [0.5, 0.6) is 0 Å². The molecule has 1 aromatic heterocycles. The van der Waals surface area contributed by atoms with Crippen molar-refractivity contribution in [1.82, 2.24) is 9.78 Å². The lowest BCUT2D eigenvalue weighted by molar-refractivity contribution is 0.628. The fourth-order valence-electron chi connectivity index (χ4n) is 3.13. The zero-order valence-corrected chi connectivity index (χ0v) is 14.1. The van der Waals surface area contributed by atoms with Gasteiger partial charge in [0.05, 0.1) is 16.4 Å². The van der Waals surface area contributed by atoms with E-state index in [-0.39, 0.29) is 5.82 Å². The molecule has 2 heterocycles. The van der Waals surface area contributed by atoms with Crippen LogP contribution in [0.1, 0.15) is 18.1 Å². The highest BCUT2D eigenvalue weighted by atomic mass is 35.5. The summed E-state index contributed by atoms with van der Waals surface area (Å²) in [5.41, 5.74) is 5.00. The van der Waals surface area contributed by atoms with Crippen LogP contribution in [0.2, 0.25) is 5.02 Å². The maximum absolute atomic E-state index is 13.4. The molecule has 4 rings (SSSR count). The van der Waals surface area contributed by atoms with E-state index in [2.05, 4.69) is 36.5 Å². The van der Waals surface area contributed by atoms with E-state index in [0.717, 1.165) is 47.7 Å². The van der Waals surface area contributed by atoms with Crippen LogP contribution in [0.15, 0.2) is 42.5 Å². The highest BCUT2D eigenvalue weighted by molar-refractivity contribution is 6.33. The molecule has 1 aliphatic heterocycles. The van der Waals surface area contributed by atoms with E-state index in [1.807, 2.05) is 4.68 Å². The van der Waals surface area contributed by atoms with Crippen LogP contribution in [-0.4, -0.2) is 16.3 Å². The Morgan fingerprint density at radius 3 is 2.71 bits per heavy atom. The Balaban J connectivity index is 1.85. The molecule has 0 radical (unpaired) electrons. The number of nitrogens with one attached hydrogen (secondary N) is 1. The van der Waals surface area contributed by atoms with Crippen molar-refractivity contribution < 1.29 is 4.39 Å². The Morgan fingerprint density at radius 1 is 1.21 bits per heavy atom. The van der Waals surface area contributed by atoms with Gasteiger partial charge in [-0.3, -0.25) is 0 Å². The van der Waals surface area contributed by atoms with E-state index in [0.29, 0.717) is 5.02 Å². The minimum absolute atomic E-state index is 0.340. The fourth-order valence-corrected chi connectivity index (χ4v) is 3.39. The third kappa shape index (κ3) is 2.47. The number of anilines is 1. The molecule has 0 aliphatic carbocycles. The summed E-state index contributed by atoms with van der Waals surface area (Å²) >= 11 is 6.25. The first-order chi connectivity index (χ1) is 11.7. The summed E-state index contributed by atoms with van der Waals surface area (Å²) < 4.78 is 15.3. The predicted molar refractivity (Wildman–Crippen MR) is 95.5 cm³/mol. The lowest BCUT2D eigenvalue weighted by atomic mass is 10.1. The van der Waals surface area contributed by atoms with Gasteiger partial charge >= 0.3 is 0 Å². The largest absolute Gasteiger partial charge is 0.369 e. The molecule has 0 saturated heterocycles. The number of benzene rings is 2. The molecule has 0 unspecified atom stereocenters. The van der Waals surface area contributed by atoms with Crippen molar-refractivity contribution in [3.63, 3.8) is 0 Å². The first kappa shape index (κ1) is 15.2. The molecule has 2 aromatic carbocycles. The second-order valence-corrected chi connectivity index (χ2v) is 6.32. The molecule has 3 aromatic rings. The summed E-state index contributed by atoms with van der Waals surface area (Å²) in [7, 11) is 0. The zero-order valence-electron chi connectivity index (χ0n) is 13.3. The van der Waals surface area contributed by atoms with E-state index in [9.17, 15) is 4.39 Å². The topological polar surface area (TPSA) is 29.9 Å². The van der Waals surface area contributed by atoms with Crippen molar-refractivity contribution in [2.75, 3.05) is 11.9 Å². The number of halogens is 2. The van der Waals surface area contributed by atoms with Gasteiger partial charge in [0.1, 0.15) is 11.6 Å². The highest BCUT2D eigenvalue weighted by Gasteiger charge is 2.25. The van der Waals surface area contributed by atoms with Gasteiger partial charge in [-0.1, -0.05) is 30.7 Å². The van der Waals surface area contributed by atoms with Gasteiger partial charge in [0, 0.05) is 17.7 Å². The molecule has 1 N–H and O–H groups in total. The number of aromatic nitrogens is 2. The normalized spacial score (nSPS) is 13.0. The number of aryl methyl sites for hydroxylation is 1. The highest BCUT2D eigenvalue weighted by Crippen LogP contribution is 2.37. The molecule has 1 aliphatic rings. The molecule has 0 atom stereocenters. The monoisotopic (exact) mass is 341 g/mol. The standard InChI is InChI=1S/C19H17ClFN3/c1-2-12-3-6-14(7-4-12)24-19-16(9-10-22-19)18(23-24)15-8-5-13(21)11-17(15)20/h3-8,11,22H,2,9-10H2,1H3. The van der Waals surface area contributed by atoms with Crippen molar-refractivity contribution in [1.29, 1.82) is 0 Å².